The van der Waals surface area contributed by atoms with Gasteiger partial charge in [-0.3, -0.25) is 0 Å². The van der Waals surface area contributed by atoms with Crippen molar-refractivity contribution >= 4 is 23.0 Å². The summed E-state index contributed by atoms with van der Waals surface area (Å²) in [6, 6.07) is 7.99. The van der Waals surface area contributed by atoms with Gasteiger partial charge in [0.15, 0.2) is 0 Å². The van der Waals surface area contributed by atoms with E-state index in [1.54, 1.807) is 18.4 Å². The van der Waals surface area contributed by atoms with Crippen molar-refractivity contribution in [2.24, 2.45) is 0 Å². The molecule has 0 bridgehead atoms. The monoisotopic (exact) mass is 231 g/mol. The number of thiazole rings is 1. The summed E-state index contributed by atoms with van der Waals surface area (Å²) in [5.74, 6) is 0.876. The molecule has 0 radical (unpaired) electrons. The van der Waals surface area contributed by atoms with E-state index in [2.05, 4.69) is 24.1 Å². The minimum Gasteiger partial charge on any atom is -0.497 e. The minimum atomic E-state index is 0.876. The molecule has 2 rings (SSSR count). The number of aromatic nitrogens is 1. The maximum Gasteiger partial charge on any atom is 0.119 e. The summed E-state index contributed by atoms with van der Waals surface area (Å²) in [4.78, 5) is 4.27. The third-order valence-electron chi connectivity index (χ3n) is 2.25. The highest BCUT2D eigenvalue weighted by atomic mass is 32.1. The topological polar surface area (TPSA) is 22.1 Å². The Hall–Kier alpha value is -1.61. The molecule has 2 aromatic rings. The van der Waals surface area contributed by atoms with Gasteiger partial charge in [-0.25, -0.2) is 4.98 Å². The molecule has 2 nitrogen and oxygen atoms in total. The first-order valence-corrected chi connectivity index (χ1v) is 5.90. The summed E-state index contributed by atoms with van der Waals surface area (Å²) in [6.07, 6.45) is 3.93. The summed E-state index contributed by atoms with van der Waals surface area (Å²) in [7, 11) is 1.68. The number of ether oxygens (including phenoxy) is 1. The van der Waals surface area contributed by atoms with Gasteiger partial charge in [-0.2, -0.15) is 0 Å². The largest absolute Gasteiger partial charge is 0.497 e. The smallest absolute Gasteiger partial charge is 0.119 e. The van der Waals surface area contributed by atoms with Crippen LogP contribution in [-0.4, -0.2) is 12.1 Å². The Morgan fingerprint density at radius 1 is 1.44 bits per heavy atom. The van der Waals surface area contributed by atoms with Crippen molar-refractivity contribution in [1.82, 2.24) is 4.98 Å². The van der Waals surface area contributed by atoms with Crippen LogP contribution >= 0.6 is 11.3 Å². The second-order valence-corrected chi connectivity index (χ2v) is 4.34. The van der Waals surface area contributed by atoms with Crippen molar-refractivity contribution < 1.29 is 4.74 Å². The van der Waals surface area contributed by atoms with Crippen molar-refractivity contribution in [3.63, 3.8) is 0 Å². The molecule has 16 heavy (non-hydrogen) atoms. The third-order valence-corrected chi connectivity index (χ3v) is 3.16. The molecule has 82 valence electrons. The normalized spacial score (nSPS) is 11.5. The Bertz CT molecular complexity index is 488. The van der Waals surface area contributed by atoms with Gasteiger partial charge in [0, 0.05) is 11.6 Å². The van der Waals surface area contributed by atoms with E-state index in [0.717, 1.165) is 16.3 Å². The molecule has 0 aliphatic heterocycles. The van der Waals surface area contributed by atoms with Crippen molar-refractivity contribution in [2.75, 3.05) is 7.11 Å². The van der Waals surface area contributed by atoms with Gasteiger partial charge in [-0.1, -0.05) is 12.1 Å². The molecular weight excluding hydrogens is 218 g/mol. The number of hydrogen-bond donors (Lipinski definition) is 0. The fraction of sp³-hybridized carbons (Fsp3) is 0.154. The van der Waals surface area contributed by atoms with Gasteiger partial charge in [0.25, 0.3) is 0 Å². The number of benzene rings is 1. The van der Waals surface area contributed by atoms with E-state index in [1.165, 1.54) is 5.57 Å². The number of rotatable bonds is 3. The van der Waals surface area contributed by atoms with Crippen molar-refractivity contribution in [3.05, 3.63) is 46.4 Å². The maximum atomic E-state index is 5.18. The van der Waals surface area contributed by atoms with E-state index in [-0.39, 0.29) is 0 Å². The van der Waals surface area contributed by atoms with Crippen LogP contribution in [-0.2, 0) is 0 Å². The lowest BCUT2D eigenvalue weighted by Crippen LogP contribution is -1.83. The number of allylic oxidation sites excluding steroid dienone is 1. The third kappa shape index (κ3) is 2.49. The fourth-order valence-electron chi connectivity index (χ4n) is 1.46. The van der Waals surface area contributed by atoms with Gasteiger partial charge >= 0.3 is 0 Å². The first-order chi connectivity index (χ1) is 7.79. The number of nitrogens with zero attached hydrogens (tertiary/aromatic N) is 1. The Morgan fingerprint density at radius 3 is 3.00 bits per heavy atom. The maximum absolute atomic E-state index is 5.18. The average molecular weight is 231 g/mol. The summed E-state index contributed by atoms with van der Waals surface area (Å²) >= 11 is 1.65. The van der Waals surface area contributed by atoms with Crippen LogP contribution in [0.15, 0.2) is 35.8 Å². The van der Waals surface area contributed by atoms with Gasteiger partial charge in [0.1, 0.15) is 10.8 Å². The molecule has 1 aromatic carbocycles. The Balaban J connectivity index is 2.28. The lowest BCUT2D eigenvalue weighted by molar-refractivity contribution is 0.414. The molecule has 0 unspecified atom stereocenters. The molecule has 3 heteroatoms. The van der Waals surface area contributed by atoms with Crippen LogP contribution in [0.3, 0.4) is 0 Å². The van der Waals surface area contributed by atoms with Crippen LogP contribution in [0.25, 0.3) is 11.6 Å². The molecule has 1 heterocycles. The van der Waals surface area contributed by atoms with Gasteiger partial charge in [0.05, 0.1) is 7.11 Å². The van der Waals surface area contributed by atoms with E-state index < -0.39 is 0 Å². The second kappa shape index (κ2) is 4.94. The Kier molecular flexibility index (Phi) is 3.37. The fourth-order valence-corrected chi connectivity index (χ4v) is 2.08. The van der Waals surface area contributed by atoms with Gasteiger partial charge < -0.3 is 4.74 Å². The van der Waals surface area contributed by atoms with Crippen LogP contribution in [0, 0.1) is 0 Å². The zero-order valence-corrected chi connectivity index (χ0v) is 10.1. The summed E-state index contributed by atoms with van der Waals surface area (Å²) < 4.78 is 5.18. The highest BCUT2D eigenvalue weighted by molar-refractivity contribution is 7.10. The molecule has 0 spiro atoms. The highest BCUT2D eigenvalue weighted by Gasteiger charge is 1.99. The van der Waals surface area contributed by atoms with Gasteiger partial charge in [-0.15, -0.1) is 11.3 Å². The Labute approximate surface area is 99.2 Å². The van der Waals surface area contributed by atoms with Crippen LogP contribution in [0.1, 0.15) is 17.5 Å². The second-order valence-electron chi connectivity index (χ2n) is 3.44. The van der Waals surface area contributed by atoms with Gasteiger partial charge in [-0.05, 0) is 36.3 Å². The van der Waals surface area contributed by atoms with Crippen LogP contribution in [0.4, 0.5) is 0 Å². The van der Waals surface area contributed by atoms with Crippen LogP contribution in [0.5, 0.6) is 5.75 Å². The van der Waals surface area contributed by atoms with E-state index in [9.17, 15) is 0 Å². The number of methoxy groups -OCH3 is 1. The van der Waals surface area contributed by atoms with E-state index in [4.69, 9.17) is 4.74 Å². The van der Waals surface area contributed by atoms with E-state index in [1.807, 2.05) is 29.8 Å². The molecule has 0 atom stereocenters. The zero-order valence-electron chi connectivity index (χ0n) is 9.31. The predicted octanol–water partition coefficient (Wildman–Crippen LogP) is 3.71. The minimum absolute atomic E-state index is 0.876. The average Bonchev–Trinajstić information content (AvgIpc) is 2.83. The summed E-state index contributed by atoms with van der Waals surface area (Å²) in [5.41, 5.74) is 2.30. The highest BCUT2D eigenvalue weighted by Crippen LogP contribution is 2.21. The molecule has 0 saturated carbocycles. The first kappa shape index (κ1) is 10.9. The van der Waals surface area contributed by atoms with E-state index >= 15 is 0 Å². The van der Waals surface area contributed by atoms with E-state index in [0.29, 0.717) is 0 Å². The molecule has 0 aliphatic rings. The summed E-state index contributed by atoms with van der Waals surface area (Å²) in [5, 5.41) is 3.04. The summed E-state index contributed by atoms with van der Waals surface area (Å²) in [6.45, 7) is 2.07. The van der Waals surface area contributed by atoms with Gasteiger partial charge in [0.2, 0.25) is 0 Å². The molecule has 1 aromatic heterocycles. The van der Waals surface area contributed by atoms with Crippen LogP contribution in [0.2, 0.25) is 0 Å². The molecule has 0 saturated heterocycles. The molecule has 0 N–H and O–H groups in total. The lowest BCUT2D eigenvalue weighted by Gasteiger charge is -2.01. The first-order valence-electron chi connectivity index (χ1n) is 5.02. The SMILES string of the molecule is COc1cccc(C=C(C)c2nccs2)c1. The number of hydrogen-bond acceptors (Lipinski definition) is 3. The van der Waals surface area contributed by atoms with Crippen LogP contribution < -0.4 is 4.74 Å². The molecule has 0 aliphatic carbocycles. The van der Waals surface area contributed by atoms with Crippen molar-refractivity contribution in [2.45, 2.75) is 6.92 Å². The lowest BCUT2D eigenvalue weighted by atomic mass is 10.1. The van der Waals surface area contributed by atoms with Crippen molar-refractivity contribution in [3.8, 4) is 5.75 Å². The molecule has 0 fully saturated rings. The van der Waals surface area contributed by atoms with Crippen molar-refractivity contribution in [1.29, 1.82) is 0 Å². The molecule has 0 amide bonds. The Morgan fingerprint density at radius 2 is 2.31 bits per heavy atom. The predicted molar refractivity (Wildman–Crippen MR) is 68.7 cm³/mol. The standard InChI is InChI=1S/C13H13NOS/c1-10(13-14-6-7-16-13)8-11-4-3-5-12(9-11)15-2/h3-9H,1-2H3. The quantitative estimate of drug-likeness (QED) is 0.803. The zero-order chi connectivity index (χ0) is 11.4. The molecular formula is C13H13NOS.